The van der Waals surface area contributed by atoms with Gasteiger partial charge in [0.2, 0.25) is 11.8 Å². The van der Waals surface area contributed by atoms with Crippen molar-refractivity contribution in [3.05, 3.63) is 0 Å². The Hall–Kier alpha value is -1.14. The van der Waals surface area contributed by atoms with E-state index in [0.717, 1.165) is 0 Å². The molecule has 0 aliphatic rings. The van der Waals surface area contributed by atoms with E-state index in [4.69, 9.17) is 4.74 Å². The standard InChI is InChI=1S/C12H24N2O4/c1-8(2)11(14-9(3)15)12(17)13-6-5-10(16)7-18-4/h8,10-11,16H,5-7H2,1-4H3,(H,13,17)(H,14,15). The second-order valence-corrected chi connectivity index (χ2v) is 4.61. The Balaban J connectivity index is 4.07. The molecular formula is C12H24N2O4. The quantitative estimate of drug-likeness (QED) is 0.557. The van der Waals surface area contributed by atoms with Gasteiger partial charge >= 0.3 is 0 Å². The summed E-state index contributed by atoms with van der Waals surface area (Å²) in [5.41, 5.74) is 0. The number of hydrogen-bond acceptors (Lipinski definition) is 4. The maximum Gasteiger partial charge on any atom is 0.242 e. The van der Waals surface area contributed by atoms with Crippen molar-refractivity contribution >= 4 is 11.8 Å². The average Bonchev–Trinajstić information content (AvgIpc) is 2.25. The van der Waals surface area contributed by atoms with E-state index >= 15 is 0 Å². The summed E-state index contributed by atoms with van der Waals surface area (Å²) >= 11 is 0. The number of hydrogen-bond donors (Lipinski definition) is 3. The molecule has 0 fully saturated rings. The lowest BCUT2D eigenvalue weighted by atomic mass is 10.0. The van der Waals surface area contributed by atoms with Crippen LogP contribution in [0, 0.1) is 5.92 Å². The number of methoxy groups -OCH3 is 1. The summed E-state index contributed by atoms with van der Waals surface area (Å²) in [6, 6.07) is -0.540. The molecule has 106 valence electrons. The zero-order valence-corrected chi connectivity index (χ0v) is 11.5. The fourth-order valence-corrected chi connectivity index (χ4v) is 1.50. The molecule has 0 bridgehead atoms. The van der Waals surface area contributed by atoms with Gasteiger partial charge in [-0.25, -0.2) is 0 Å². The van der Waals surface area contributed by atoms with Crippen LogP contribution in [0.2, 0.25) is 0 Å². The molecule has 2 atom stereocenters. The zero-order chi connectivity index (χ0) is 14.1. The summed E-state index contributed by atoms with van der Waals surface area (Å²) in [6.45, 7) is 5.70. The van der Waals surface area contributed by atoms with Gasteiger partial charge in [0, 0.05) is 20.6 Å². The van der Waals surface area contributed by atoms with Gasteiger partial charge in [-0.15, -0.1) is 0 Å². The number of amides is 2. The third-order valence-corrected chi connectivity index (χ3v) is 2.44. The van der Waals surface area contributed by atoms with Crippen molar-refractivity contribution in [3.8, 4) is 0 Å². The smallest absolute Gasteiger partial charge is 0.242 e. The highest BCUT2D eigenvalue weighted by Crippen LogP contribution is 2.02. The van der Waals surface area contributed by atoms with Crippen molar-refractivity contribution < 1.29 is 19.4 Å². The Bertz CT molecular complexity index is 269. The van der Waals surface area contributed by atoms with Gasteiger partial charge < -0.3 is 20.5 Å². The molecule has 0 saturated heterocycles. The SMILES string of the molecule is COCC(O)CCNC(=O)C(NC(C)=O)C(C)C. The lowest BCUT2D eigenvalue weighted by molar-refractivity contribution is -0.129. The Morgan fingerprint density at radius 2 is 1.94 bits per heavy atom. The van der Waals surface area contributed by atoms with E-state index in [1.165, 1.54) is 14.0 Å². The first kappa shape index (κ1) is 16.9. The van der Waals surface area contributed by atoms with Crippen LogP contribution in [0.15, 0.2) is 0 Å². The van der Waals surface area contributed by atoms with Crippen molar-refractivity contribution in [2.75, 3.05) is 20.3 Å². The summed E-state index contributed by atoms with van der Waals surface area (Å²) in [6.07, 6.45) is -0.168. The van der Waals surface area contributed by atoms with Gasteiger partial charge in [-0.05, 0) is 12.3 Å². The van der Waals surface area contributed by atoms with Crippen LogP contribution in [0.5, 0.6) is 0 Å². The molecule has 0 aromatic carbocycles. The van der Waals surface area contributed by atoms with Crippen molar-refractivity contribution in [2.24, 2.45) is 5.92 Å². The Morgan fingerprint density at radius 1 is 1.33 bits per heavy atom. The normalized spacial score (nSPS) is 14.1. The van der Waals surface area contributed by atoms with E-state index in [-0.39, 0.29) is 24.3 Å². The number of aliphatic hydroxyl groups excluding tert-OH is 1. The third kappa shape index (κ3) is 7.24. The molecule has 0 aromatic rings. The number of ether oxygens (including phenoxy) is 1. The first-order chi connectivity index (χ1) is 8.38. The number of carbonyl (C=O) groups is 2. The maximum absolute atomic E-state index is 11.8. The van der Waals surface area contributed by atoms with Crippen LogP contribution in [0.4, 0.5) is 0 Å². The summed E-state index contributed by atoms with van der Waals surface area (Å²) in [5.74, 6) is -0.453. The monoisotopic (exact) mass is 260 g/mol. The lowest BCUT2D eigenvalue weighted by Crippen LogP contribution is -2.49. The second kappa shape index (κ2) is 8.88. The molecule has 0 aliphatic carbocycles. The minimum atomic E-state index is -0.589. The summed E-state index contributed by atoms with van der Waals surface area (Å²) in [5, 5.41) is 14.7. The van der Waals surface area contributed by atoms with E-state index in [1.54, 1.807) is 0 Å². The van der Waals surface area contributed by atoms with Gasteiger partial charge in [-0.3, -0.25) is 9.59 Å². The molecule has 2 amide bonds. The molecule has 0 rings (SSSR count). The number of carbonyl (C=O) groups excluding carboxylic acids is 2. The highest BCUT2D eigenvalue weighted by Gasteiger charge is 2.22. The Labute approximate surface area is 108 Å². The Morgan fingerprint density at radius 3 is 2.39 bits per heavy atom. The van der Waals surface area contributed by atoms with Crippen LogP contribution in [0.3, 0.4) is 0 Å². The molecule has 0 saturated carbocycles. The lowest BCUT2D eigenvalue weighted by Gasteiger charge is -2.21. The molecule has 18 heavy (non-hydrogen) atoms. The highest BCUT2D eigenvalue weighted by molar-refractivity contribution is 5.86. The molecule has 0 aliphatic heterocycles. The first-order valence-electron chi connectivity index (χ1n) is 6.10. The van der Waals surface area contributed by atoms with Crippen LogP contribution in [-0.2, 0) is 14.3 Å². The fourth-order valence-electron chi connectivity index (χ4n) is 1.50. The van der Waals surface area contributed by atoms with Crippen molar-refractivity contribution in [3.63, 3.8) is 0 Å². The highest BCUT2D eigenvalue weighted by atomic mass is 16.5. The zero-order valence-electron chi connectivity index (χ0n) is 11.5. The van der Waals surface area contributed by atoms with E-state index < -0.39 is 12.1 Å². The number of rotatable bonds is 8. The minimum absolute atomic E-state index is 0.0119. The van der Waals surface area contributed by atoms with Crippen molar-refractivity contribution in [1.82, 2.24) is 10.6 Å². The Kier molecular flexibility index (Phi) is 8.32. The van der Waals surface area contributed by atoms with E-state index in [0.29, 0.717) is 13.0 Å². The summed E-state index contributed by atoms with van der Waals surface area (Å²) in [4.78, 5) is 22.8. The molecule has 6 heteroatoms. The van der Waals surface area contributed by atoms with Gasteiger partial charge in [0.15, 0.2) is 0 Å². The summed E-state index contributed by atoms with van der Waals surface area (Å²) in [7, 11) is 1.51. The largest absolute Gasteiger partial charge is 0.391 e. The third-order valence-electron chi connectivity index (χ3n) is 2.44. The van der Waals surface area contributed by atoms with Crippen LogP contribution in [0.1, 0.15) is 27.2 Å². The predicted molar refractivity (Wildman–Crippen MR) is 68.0 cm³/mol. The first-order valence-corrected chi connectivity index (χ1v) is 6.10. The van der Waals surface area contributed by atoms with Crippen LogP contribution in [0.25, 0.3) is 0 Å². The molecule has 0 radical (unpaired) electrons. The van der Waals surface area contributed by atoms with Crippen molar-refractivity contribution in [1.29, 1.82) is 0 Å². The molecule has 2 unspecified atom stereocenters. The van der Waals surface area contributed by atoms with Gasteiger partial charge in [-0.1, -0.05) is 13.8 Å². The van der Waals surface area contributed by atoms with Gasteiger partial charge in [-0.2, -0.15) is 0 Å². The summed E-state index contributed by atoms with van der Waals surface area (Å²) < 4.78 is 4.78. The molecule has 0 spiro atoms. The van der Waals surface area contributed by atoms with Crippen LogP contribution < -0.4 is 10.6 Å². The van der Waals surface area contributed by atoms with Crippen LogP contribution >= 0.6 is 0 Å². The van der Waals surface area contributed by atoms with Gasteiger partial charge in [0.1, 0.15) is 6.04 Å². The molecule has 0 heterocycles. The minimum Gasteiger partial charge on any atom is -0.391 e. The van der Waals surface area contributed by atoms with E-state index in [2.05, 4.69) is 10.6 Å². The molecule has 3 N–H and O–H groups in total. The van der Waals surface area contributed by atoms with E-state index in [9.17, 15) is 14.7 Å². The molecular weight excluding hydrogens is 236 g/mol. The van der Waals surface area contributed by atoms with Crippen molar-refractivity contribution in [2.45, 2.75) is 39.3 Å². The molecule has 0 aromatic heterocycles. The van der Waals surface area contributed by atoms with Gasteiger partial charge in [0.25, 0.3) is 0 Å². The average molecular weight is 260 g/mol. The van der Waals surface area contributed by atoms with Gasteiger partial charge in [0.05, 0.1) is 12.7 Å². The van der Waals surface area contributed by atoms with E-state index in [1.807, 2.05) is 13.8 Å². The number of nitrogens with one attached hydrogen (secondary N) is 2. The fraction of sp³-hybridized carbons (Fsp3) is 0.833. The second-order valence-electron chi connectivity index (χ2n) is 4.61. The predicted octanol–water partition coefficient (Wildman–Crippen LogP) is -0.339. The number of aliphatic hydroxyl groups is 1. The molecule has 6 nitrogen and oxygen atoms in total. The van der Waals surface area contributed by atoms with Crippen LogP contribution in [-0.4, -0.2) is 49.3 Å². The maximum atomic E-state index is 11.8. The topological polar surface area (TPSA) is 87.7 Å².